The van der Waals surface area contributed by atoms with E-state index in [0.29, 0.717) is 0 Å². The van der Waals surface area contributed by atoms with E-state index in [0.717, 1.165) is 32.0 Å². The Morgan fingerprint density at radius 3 is 2.33 bits per heavy atom. The molecule has 0 spiro atoms. The number of rotatable bonds is 8. The van der Waals surface area contributed by atoms with Crippen LogP contribution in [0.1, 0.15) is 27.8 Å². The van der Waals surface area contributed by atoms with Crippen LogP contribution in [0.25, 0.3) is 0 Å². The van der Waals surface area contributed by atoms with Crippen molar-refractivity contribution in [3.63, 3.8) is 0 Å². The van der Waals surface area contributed by atoms with Gasteiger partial charge in [-0.25, -0.2) is 0 Å². The van der Waals surface area contributed by atoms with Gasteiger partial charge in [0.05, 0.1) is 13.7 Å². The van der Waals surface area contributed by atoms with Gasteiger partial charge in [0.15, 0.2) is 0 Å². The third kappa shape index (κ3) is 4.56. The van der Waals surface area contributed by atoms with Crippen molar-refractivity contribution in [1.29, 1.82) is 0 Å². The molecular weight excluding hydrogens is 300 g/mol. The van der Waals surface area contributed by atoms with Gasteiger partial charge in [-0.15, -0.1) is 0 Å². The van der Waals surface area contributed by atoms with Gasteiger partial charge in [-0.1, -0.05) is 0 Å². The molecule has 4 nitrogen and oxygen atoms in total. The Labute approximate surface area is 145 Å². The summed E-state index contributed by atoms with van der Waals surface area (Å²) in [6, 6.07) is 6.27. The predicted octanol–water partition coefficient (Wildman–Crippen LogP) is 3.66. The van der Waals surface area contributed by atoms with Gasteiger partial charge in [0.2, 0.25) is 0 Å². The monoisotopic (exact) mass is 328 g/mol. The van der Waals surface area contributed by atoms with E-state index in [1.54, 1.807) is 14.2 Å². The first-order valence-corrected chi connectivity index (χ1v) is 8.30. The molecule has 0 aliphatic rings. The van der Waals surface area contributed by atoms with E-state index in [9.17, 15) is 0 Å². The molecule has 0 bridgehead atoms. The second-order valence-electron chi connectivity index (χ2n) is 6.18. The number of aromatic nitrogens is 1. The van der Waals surface area contributed by atoms with Crippen molar-refractivity contribution in [3.05, 3.63) is 58.4 Å². The van der Waals surface area contributed by atoms with Gasteiger partial charge in [0.25, 0.3) is 0 Å². The molecule has 1 heterocycles. The largest absolute Gasteiger partial charge is 0.496 e. The fourth-order valence-corrected chi connectivity index (χ4v) is 2.96. The van der Waals surface area contributed by atoms with Crippen LogP contribution < -0.4 is 4.74 Å². The summed E-state index contributed by atoms with van der Waals surface area (Å²) >= 11 is 0. The molecule has 1 aromatic heterocycles. The van der Waals surface area contributed by atoms with Gasteiger partial charge >= 0.3 is 0 Å². The molecule has 2 aromatic rings. The van der Waals surface area contributed by atoms with E-state index >= 15 is 0 Å². The molecule has 2 rings (SSSR count). The summed E-state index contributed by atoms with van der Waals surface area (Å²) in [5, 5.41) is 0. The number of hydrogen-bond acceptors (Lipinski definition) is 4. The highest BCUT2D eigenvalue weighted by atomic mass is 16.5. The maximum atomic E-state index is 5.49. The molecule has 1 aromatic carbocycles. The quantitative estimate of drug-likeness (QED) is 0.740. The van der Waals surface area contributed by atoms with Gasteiger partial charge in [-0.05, 0) is 66.8 Å². The van der Waals surface area contributed by atoms with Crippen molar-refractivity contribution in [2.45, 2.75) is 33.9 Å². The summed E-state index contributed by atoms with van der Waals surface area (Å²) in [6.45, 7) is 9.86. The summed E-state index contributed by atoms with van der Waals surface area (Å²) < 4.78 is 10.8. The lowest BCUT2D eigenvalue weighted by Crippen LogP contribution is -2.27. The van der Waals surface area contributed by atoms with Gasteiger partial charge < -0.3 is 9.47 Å². The number of methoxy groups -OCH3 is 2. The van der Waals surface area contributed by atoms with E-state index in [1.165, 1.54) is 27.8 Å². The van der Waals surface area contributed by atoms with Gasteiger partial charge in [-0.3, -0.25) is 9.88 Å². The molecule has 0 N–H and O–H groups in total. The zero-order chi connectivity index (χ0) is 17.5. The summed E-state index contributed by atoms with van der Waals surface area (Å²) in [5.74, 6) is 0.964. The Bertz CT molecular complexity index is 656. The highest BCUT2D eigenvalue weighted by Gasteiger charge is 2.14. The second kappa shape index (κ2) is 8.81. The van der Waals surface area contributed by atoms with Crippen molar-refractivity contribution in [2.24, 2.45) is 0 Å². The Morgan fingerprint density at radius 1 is 1.00 bits per heavy atom. The normalized spacial score (nSPS) is 11.1. The van der Waals surface area contributed by atoms with Gasteiger partial charge in [-0.2, -0.15) is 0 Å². The van der Waals surface area contributed by atoms with Crippen LogP contribution in [0.15, 0.2) is 30.6 Å². The maximum absolute atomic E-state index is 5.49. The molecule has 0 atom stereocenters. The van der Waals surface area contributed by atoms with Crippen molar-refractivity contribution < 1.29 is 9.47 Å². The Morgan fingerprint density at radius 2 is 1.71 bits per heavy atom. The molecule has 0 aliphatic carbocycles. The zero-order valence-corrected chi connectivity index (χ0v) is 15.4. The maximum Gasteiger partial charge on any atom is 0.122 e. The molecule has 0 saturated carbocycles. The molecule has 130 valence electrons. The van der Waals surface area contributed by atoms with Crippen molar-refractivity contribution in [1.82, 2.24) is 9.88 Å². The van der Waals surface area contributed by atoms with E-state index in [-0.39, 0.29) is 0 Å². The summed E-state index contributed by atoms with van der Waals surface area (Å²) in [5.41, 5.74) is 6.44. The predicted molar refractivity (Wildman–Crippen MR) is 97.4 cm³/mol. The average Bonchev–Trinajstić information content (AvgIpc) is 2.60. The van der Waals surface area contributed by atoms with Crippen molar-refractivity contribution in [2.75, 3.05) is 27.4 Å². The first kappa shape index (κ1) is 18.4. The van der Waals surface area contributed by atoms with Crippen LogP contribution in [0.3, 0.4) is 0 Å². The molecule has 24 heavy (non-hydrogen) atoms. The smallest absolute Gasteiger partial charge is 0.122 e. The van der Waals surface area contributed by atoms with E-state index in [2.05, 4.69) is 48.9 Å². The summed E-state index contributed by atoms with van der Waals surface area (Å²) in [7, 11) is 3.48. The van der Waals surface area contributed by atoms with Gasteiger partial charge in [0.1, 0.15) is 5.75 Å². The minimum Gasteiger partial charge on any atom is -0.496 e. The number of hydrogen-bond donors (Lipinski definition) is 0. The van der Waals surface area contributed by atoms with E-state index in [4.69, 9.17) is 9.47 Å². The SMILES string of the molecule is COCCN(Cc1ccncc1)Cc1c(C)cc(OC)c(C)c1C. The molecule has 0 aliphatic heterocycles. The minimum absolute atomic E-state index is 0.721. The van der Waals surface area contributed by atoms with Gasteiger partial charge in [0, 0.05) is 39.1 Å². The Hall–Kier alpha value is -1.91. The van der Waals surface area contributed by atoms with Crippen LogP contribution in [-0.2, 0) is 17.8 Å². The fourth-order valence-electron chi connectivity index (χ4n) is 2.96. The lowest BCUT2D eigenvalue weighted by molar-refractivity contribution is 0.140. The van der Waals surface area contributed by atoms with Crippen molar-refractivity contribution >= 4 is 0 Å². The average molecular weight is 328 g/mol. The number of ether oxygens (including phenoxy) is 2. The van der Waals surface area contributed by atoms with Crippen LogP contribution in [0.4, 0.5) is 0 Å². The van der Waals surface area contributed by atoms with Crippen molar-refractivity contribution in [3.8, 4) is 5.75 Å². The van der Waals surface area contributed by atoms with Crippen LogP contribution >= 0.6 is 0 Å². The Balaban J connectivity index is 2.24. The summed E-state index contributed by atoms with van der Waals surface area (Å²) in [6.07, 6.45) is 3.69. The first-order valence-electron chi connectivity index (χ1n) is 8.30. The number of aryl methyl sites for hydroxylation is 1. The topological polar surface area (TPSA) is 34.6 Å². The molecular formula is C20H28N2O2. The number of pyridine rings is 1. The number of nitrogens with zero attached hydrogens (tertiary/aromatic N) is 2. The molecule has 0 unspecified atom stereocenters. The third-order valence-electron chi connectivity index (χ3n) is 4.58. The van der Waals surface area contributed by atoms with Crippen LogP contribution in [0.2, 0.25) is 0 Å². The standard InChI is InChI=1S/C20H28N2O2/c1-15-12-20(24-5)17(3)16(2)19(15)14-22(10-11-23-4)13-18-6-8-21-9-7-18/h6-9,12H,10-11,13-14H2,1-5H3. The Kier molecular flexibility index (Phi) is 6.76. The fraction of sp³-hybridized carbons (Fsp3) is 0.450. The first-order chi connectivity index (χ1) is 11.6. The minimum atomic E-state index is 0.721. The molecule has 0 saturated heterocycles. The number of benzene rings is 1. The summed E-state index contributed by atoms with van der Waals surface area (Å²) in [4.78, 5) is 6.52. The lowest BCUT2D eigenvalue weighted by atomic mass is 9.96. The zero-order valence-electron chi connectivity index (χ0n) is 15.4. The lowest BCUT2D eigenvalue weighted by Gasteiger charge is -2.25. The third-order valence-corrected chi connectivity index (χ3v) is 4.58. The highest BCUT2D eigenvalue weighted by Crippen LogP contribution is 2.28. The van der Waals surface area contributed by atoms with Crippen LogP contribution in [0, 0.1) is 20.8 Å². The molecule has 0 radical (unpaired) electrons. The highest BCUT2D eigenvalue weighted by molar-refractivity contribution is 5.48. The van der Waals surface area contributed by atoms with Crippen LogP contribution in [0.5, 0.6) is 5.75 Å². The van der Waals surface area contributed by atoms with E-state index in [1.807, 2.05) is 12.4 Å². The van der Waals surface area contributed by atoms with Crippen LogP contribution in [-0.4, -0.2) is 37.3 Å². The second-order valence-corrected chi connectivity index (χ2v) is 6.18. The molecule has 0 fully saturated rings. The molecule has 4 heteroatoms. The van der Waals surface area contributed by atoms with E-state index < -0.39 is 0 Å². The molecule has 0 amide bonds.